The Labute approximate surface area is 179 Å². The number of pyridine rings is 1. The van der Waals surface area contributed by atoms with Crippen molar-refractivity contribution in [3.63, 3.8) is 0 Å². The van der Waals surface area contributed by atoms with Crippen molar-refractivity contribution < 1.29 is 4.79 Å². The normalized spacial score (nSPS) is 11.9. The Hall–Kier alpha value is -3.45. The van der Waals surface area contributed by atoms with Gasteiger partial charge in [0.2, 0.25) is 5.91 Å². The second-order valence-corrected chi connectivity index (χ2v) is 8.03. The summed E-state index contributed by atoms with van der Waals surface area (Å²) < 4.78 is 1.95. The van der Waals surface area contributed by atoms with Gasteiger partial charge in [0.15, 0.2) is 11.0 Å². The molecule has 0 bridgehead atoms. The minimum Gasteiger partial charge on any atom is -0.325 e. The van der Waals surface area contributed by atoms with E-state index < -0.39 is 0 Å². The molecule has 4 aromatic rings. The number of nitrogens with one attached hydrogen (secondary N) is 1. The first-order chi connectivity index (χ1) is 14.7. The maximum Gasteiger partial charge on any atom is 0.237 e. The lowest BCUT2D eigenvalue weighted by molar-refractivity contribution is -0.115. The molecule has 1 amide bonds. The highest BCUT2D eigenvalue weighted by Crippen LogP contribution is 2.28. The Morgan fingerprint density at radius 1 is 1.13 bits per heavy atom. The van der Waals surface area contributed by atoms with Gasteiger partial charge in [0.1, 0.15) is 0 Å². The molecule has 2 heterocycles. The Kier molecular flexibility index (Phi) is 5.90. The van der Waals surface area contributed by atoms with E-state index in [0.29, 0.717) is 11.7 Å². The van der Waals surface area contributed by atoms with Crippen molar-refractivity contribution in [2.24, 2.45) is 0 Å². The summed E-state index contributed by atoms with van der Waals surface area (Å²) in [6.07, 6.45) is 5.23. The number of thioether (sulfide) groups is 1. The number of hydrogen-bond donors (Lipinski definition) is 1. The summed E-state index contributed by atoms with van der Waals surface area (Å²) in [7, 11) is 0. The molecule has 0 saturated heterocycles. The molecular formula is C23H21N5OS. The van der Waals surface area contributed by atoms with Gasteiger partial charge >= 0.3 is 0 Å². The summed E-state index contributed by atoms with van der Waals surface area (Å²) in [4.78, 5) is 16.9. The van der Waals surface area contributed by atoms with E-state index in [2.05, 4.69) is 27.1 Å². The minimum absolute atomic E-state index is 0.0880. The van der Waals surface area contributed by atoms with Crippen LogP contribution in [0, 0.1) is 0 Å². The molecule has 0 radical (unpaired) electrons. The van der Waals surface area contributed by atoms with Gasteiger partial charge < -0.3 is 5.32 Å². The lowest BCUT2D eigenvalue weighted by Gasteiger charge is -2.14. The van der Waals surface area contributed by atoms with Gasteiger partial charge in [-0.15, -0.1) is 16.8 Å². The first-order valence-corrected chi connectivity index (χ1v) is 10.4. The molecule has 150 valence electrons. The number of carbonyl (C=O) groups excluding carboxylic acids is 1. The van der Waals surface area contributed by atoms with Gasteiger partial charge in [0, 0.05) is 35.6 Å². The molecule has 0 aliphatic carbocycles. The molecule has 2 aromatic carbocycles. The Bertz CT molecular complexity index is 1180. The third-order valence-electron chi connectivity index (χ3n) is 4.67. The lowest BCUT2D eigenvalue weighted by Crippen LogP contribution is -2.23. The topological polar surface area (TPSA) is 72.7 Å². The van der Waals surface area contributed by atoms with Crippen molar-refractivity contribution in [2.75, 3.05) is 5.32 Å². The van der Waals surface area contributed by atoms with Crippen LogP contribution in [-0.2, 0) is 11.3 Å². The number of carbonyl (C=O) groups is 1. The van der Waals surface area contributed by atoms with Gasteiger partial charge in [0.25, 0.3) is 0 Å². The monoisotopic (exact) mass is 415 g/mol. The summed E-state index contributed by atoms with van der Waals surface area (Å²) >= 11 is 1.37. The third-order valence-corrected chi connectivity index (χ3v) is 5.75. The molecule has 4 rings (SSSR count). The number of hydrogen-bond acceptors (Lipinski definition) is 5. The SMILES string of the molecule is C=CCn1c(S[C@@H](C)C(=O)Nc2cccc3ccccc23)nnc1-c1ccncc1. The molecule has 0 fully saturated rings. The average Bonchev–Trinajstić information content (AvgIpc) is 3.17. The first-order valence-electron chi connectivity index (χ1n) is 9.57. The molecule has 7 heteroatoms. The minimum atomic E-state index is -0.359. The van der Waals surface area contributed by atoms with Crippen LogP contribution in [0.15, 0.2) is 84.8 Å². The van der Waals surface area contributed by atoms with Gasteiger partial charge in [-0.25, -0.2) is 0 Å². The van der Waals surface area contributed by atoms with Gasteiger partial charge in [-0.2, -0.15) is 0 Å². The fourth-order valence-electron chi connectivity index (χ4n) is 3.16. The largest absolute Gasteiger partial charge is 0.325 e. The molecule has 0 unspecified atom stereocenters. The standard InChI is InChI=1S/C23H21N5OS/c1-3-15-28-21(18-11-13-24-14-12-18)26-27-23(28)30-16(2)22(29)25-20-10-6-8-17-7-4-5-9-19(17)20/h3-14,16H,1,15H2,2H3,(H,25,29)/t16-/m0/s1. The van der Waals surface area contributed by atoms with Crippen molar-refractivity contribution in [2.45, 2.75) is 23.9 Å². The zero-order valence-electron chi connectivity index (χ0n) is 16.5. The van der Waals surface area contributed by atoms with Crippen LogP contribution in [0.3, 0.4) is 0 Å². The number of rotatable bonds is 7. The van der Waals surface area contributed by atoms with Crippen molar-refractivity contribution >= 4 is 34.1 Å². The zero-order valence-corrected chi connectivity index (χ0v) is 17.3. The Balaban J connectivity index is 1.55. The second-order valence-electron chi connectivity index (χ2n) is 6.72. The highest BCUT2D eigenvalue weighted by molar-refractivity contribution is 8.00. The summed E-state index contributed by atoms with van der Waals surface area (Å²) in [5.41, 5.74) is 1.72. The molecule has 30 heavy (non-hydrogen) atoms. The molecule has 0 aliphatic heterocycles. The number of amides is 1. The van der Waals surface area contributed by atoms with E-state index in [1.807, 2.05) is 66.1 Å². The highest BCUT2D eigenvalue weighted by atomic mass is 32.2. The highest BCUT2D eigenvalue weighted by Gasteiger charge is 2.21. The Morgan fingerprint density at radius 2 is 1.90 bits per heavy atom. The molecule has 1 atom stereocenters. The zero-order chi connectivity index (χ0) is 20.9. The lowest BCUT2D eigenvalue weighted by atomic mass is 10.1. The first kappa shape index (κ1) is 19.8. The predicted octanol–water partition coefficient (Wildman–Crippen LogP) is 4.80. The van der Waals surface area contributed by atoms with Gasteiger partial charge in [-0.05, 0) is 30.5 Å². The van der Waals surface area contributed by atoms with Gasteiger partial charge in [0.05, 0.1) is 5.25 Å². The van der Waals surface area contributed by atoms with Crippen molar-refractivity contribution in [1.82, 2.24) is 19.7 Å². The number of anilines is 1. The van der Waals surface area contributed by atoms with E-state index in [0.717, 1.165) is 27.8 Å². The molecule has 0 aliphatic rings. The second kappa shape index (κ2) is 8.92. The fourth-order valence-corrected chi connectivity index (χ4v) is 4.02. The van der Waals surface area contributed by atoms with Crippen LogP contribution >= 0.6 is 11.8 Å². The Morgan fingerprint density at radius 3 is 2.70 bits per heavy atom. The van der Waals surface area contributed by atoms with Crippen LogP contribution in [0.5, 0.6) is 0 Å². The average molecular weight is 416 g/mol. The van der Waals surface area contributed by atoms with Gasteiger partial charge in [-0.3, -0.25) is 14.3 Å². The summed E-state index contributed by atoms with van der Waals surface area (Å²) in [6.45, 7) is 6.24. The number of nitrogens with zero attached hydrogens (tertiary/aromatic N) is 4. The molecular weight excluding hydrogens is 394 g/mol. The summed E-state index contributed by atoms with van der Waals surface area (Å²) in [6, 6.07) is 17.6. The molecule has 1 N–H and O–H groups in total. The third kappa shape index (κ3) is 4.11. The molecule has 0 saturated carbocycles. The quantitative estimate of drug-likeness (QED) is 0.347. The van der Waals surface area contributed by atoms with Crippen molar-refractivity contribution in [3.8, 4) is 11.4 Å². The summed E-state index contributed by atoms with van der Waals surface area (Å²) in [5, 5.41) is 14.1. The van der Waals surface area contributed by atoms with Crippen LogP contribution in [0.1, 0.15) is 6.92 Å². The van der Waals surface area contributed by atoms with E-state index in [4.69, 9.17) is 0 Å². The van der Waals surface area contributed by atoms with Crippen LogP contribution in [0.25, 0.3) is 22.2 Å². The molecule has 6 nitrogen and oxygen atoms in total. The van der Waals surface area contributed by atoms with E-state index in [-0.39, 0.29) is 11.2 Å². The smallest absolute Gasteiger partial charge is 0.237 e. The van der Waals surface area contributed by atoms with E-state index in [9.17, 15) is 4.79 Å². The van der Waals surface area contributed by atoms with Crippen molar-refractivity contribution in [3.05, 3.63) is 79.6 Å². The fraction of sp³-hybridized carbons (Fsp3) is 0.130. The maximum atomic E-state index is 12.9. The van der Waals surface area contributed by atoms with E-state index in [1.165, 1.54) is 11.8 Å². The number of benzene rings is 2. The molecule has 0 spiro atoms. The number of fused-ring (bicyclic) bond motifs is 1. The van der Waals surface area contributed by atoms with E-state index in [1.54, 1.807) is 18.5 Å². The van der Waals surface area contributed by atoms with E-state index >= 15 is 0 Å². The van der Waals surface area contributed by atoms with Crippen LogP contribution in [-0.4, -0.2) is 30.9 Å². The van der Waals surface area contributed by atoms with Crippen LogP contribution in [0.2, 0.25) is 0 Å². The van der Waals surface area contributed by atoms with Gasteiger partial charge in [-0.1, -0.05) is 54.2 Å². The van der Waals surface area contributed by atoms with Crippen LogP contribution in [0.4, 0.5) is 5.69 Å². The van der Waals surface area contributed by atoms with Crippen LogP contribution < -0.4 is 5.32 Å². The predicted molar refractivity (Wildman–Crippen MR) is 121 cm³/mol. The van der Waals surface area contributed by atoms with Crippen molar-refractivity contribution in [1.29, 1.82) is 0 Å². The maximum absolute atomic E-state index is 12.9. The molecule has 2 aromatic heterocycles. The summed E-state index contributed by atoms with van der Waals surface area (Å²) in [5.74, 6) is 0.636. The number of aromatic nitrogens is 4. The number of allylic oxidation sites excluding steroid dienone is 1.